The highest BCUT2D eigenvalue weighted by molar-refractivity contribution is 7.86. The molecule has 0 aliphatic rings. The molecular formula is C11H15FN2O2S. The van der Waals surface area contributed by atoms with Gasteiger partial charge in [0.1, 0.15) is 11.1 Å². The summed E-state index contributed by atoms with van der Waals surface area (Å²) in [5.74, 6) is -0.442. The smallest absolute Gasteiger partial charge is 0.239 e. The number of hydrogen-bond acceptors (Lipinski definition) is 3. The first kappa shape index (κ1) is 13.6. The van der Waals surface area contributed by atoms with E-state index in [-0.39, 0.29) is 11.6 Å². The van der Waals surface area contributed by atoms with Crippen LogP contribution in [-0.4, -0.2) is 21.1 Å². The van der Waals surface area contributed by atoms with Crippen LogP contribution in [0.5, 0.6) is 0 Å². The summed E-state index contributed by atoms with van der Waals surface area (Å²) < 4.78 is 24.2. The Bertz CT molecular complexity index is 451. The van der Waals surface area contributed by atoms with Crippen LogP contribution >= 0.6 is 0 Å². The first-order chi connectivity index (χ1) is 7.95. The van der Waals surface area contributed by atoms with Crippen LogP contribution < -0.4 is 11.1 Å². The number of nitrogens with two attached hydrogens (primary N) is 1. The first-order valence-electron chi connectivity index (χ1n) is 5.18. The molecule has 4 nitrogen and oxygen atoms in total. The number of rotatable bonds is 4. The van der Waals surface area contributed by atoms with Gasteiger partial charge < -0.3 is 11.1 Å². The number of halogens is 1. The lowest BCUT2D eigenvalue weighted by molar-refractivity contribution is -0.115. The lowest BCUT2D eigenvalue weighted by Crippen LogP contribution is -2.30. The van der Waals surface area contributed by atoms with Crippen molar-refractivity contribution >= 4 is 28.1 Å². The second kappa shape index (κ2) is 5.77. The zero-order valence-electron chi connectivity index (χ0n) is 9.70. The number of carbonyl (C=O) groups is 1. The highest BCUT2D eigenvalue weighted by Gasteiger charge is 2.19. The molecule has 0 aromatic heterocycles. The van der Waals surface area contributed by atoms with Gasteiger partial charge in [0.25, 0.3) is 0 Å². The molecule has 0 heterocycles. The number of benzene rings is 1. The summed E-state index contributed by atoms with van der Waals surface area (Å²) in [7, 11) is -1.21. The summed E-state index contributed by atoms with van der Waals surface area (Å²) in [5.41, 5.74) is 6.02. The summed E-state index contributed by atoms with van der Waals surface area (Å²) in [6.45, 7) is 3.32. The number of anilines is 2. The molecule has 0 radical (unpaired) electrons. The van der Waals surface area contributed by atoms with Gasteiger partial charge in [-0.25, -0.2) is 4.39 Å². The standard InChI is InChI=1S/C11H15FN2O2S/c1-3-17(16)7(2)11(15)14-10-5-4-8(12)6-9(10)13/h4-7H,3,13H2,1-2H3,(H,14,15). The van der Waals surface area contributed by atoms with Gasteiger partial charge in [0.2, 0.25) is 5.91 Å². The van der Waals surface area contributed by atoms with Crippen LogP contribution in [0.2, 0.25) is 0 Å². The Morgan fingerprint density at radius 2 is 2.24 bits per heavy atom. The van der Waals surface area contributed by atoms with Crippen LogP contribution in [0.1, 0.15) is 13.8 Å². The minimum absolute atomic E-state index is 0.146. The fourth-order valence-corrected chi connectivity index (χ4v) is 2.05. The van der Waals surface area contributed by atoms with Crippen molar-refractivity contribution in [2.75, 3.05) is 16.8 Å². The number of hydrogen-bond donors (Lipinski definition) is 2. The van der Waals surface area contributed by atoms with Crippen molar-refractivity contribution in [3.63, 3.8) is 0 Å². The molecule has 1 aromatic carbocycles. The topological polar surface area (TPSA) is 72.2 Å². The Kier molecular flexibility index (Phi) is 4.62. The Labute approximate surface area is 102 Å². The number of amides is 1. The lowest BCUT2D eigenvalue weighted by atomic mass is 10.2. The van der Waals surface area contributed by atoms with Gasteiger partial charge in [-0.05, 0) is 25.1 Å². The molecule has 1 amide bonds. The van der Waals surface area contributed by atoms with Gasteiger partial charge in [0, 0.05) is 16.6 Å². The molecule has 0 aliphatic heterocycles. The molecule has 2 atom stereocenters. The van der Waals surface area contributed by atoms with E-state index in [1.165, 1.54) is 12.1 Å². The van der Waals surface area contributed by atoms with Crippen LogP contribution in [-0.2, 0) is 15.6 Å². The molecule has 0 aliphatic carbocycles. The maximum absolute atomic E-state index is 12.8. The van der Waals surface area contributed by atoms with Crippen molar-refractivity contribution in [1.82, 2.24) is 0 Å². The Morgan fingerprint density at radius 1 is 1.59 bits per heavy atom. The molecule has 1 aromatic rings. The minimum atomic E-state index is -1.21. The molecule has 0 spiro atoms. The lowest BCUT2D eigenvalue weighted by Gasteiger charge is -2.12. The maximum Gasteiger partial charge on any atom is 0.239 e. The van der Waals surface area contributed by atoms with E-state index in [1.807, 2.05) is 0 Å². The minimum Gasteiger partial charge on any atom is -0.397 e. The Morgan fingerprint density at radius 3 is 2.76 bits per heavy atom. The molecule has 17 heavy (non-hydrogen) atoms. The molecule has 2 unspecified atom stereocenters. The van der Waals surface area contributed by atoms with E-state index in [2.05, 4.69) is 5.32 Å². The monoisotopic (exact) mass is 258 g/mol. The zero-order valence-corrected chi connectivity index (χ0v) is 10.5. The van der Waals surface area contributed by atoms with E-state index in [0.29, 0.717) is 11.4 Å². The van der Waals surface area contributed by atoms with Gasteiger partial charge in [-0.1, -0.05) is 6.92 Å². The van der Waals surface area contributed by atoms with E-state index in [1.54, 1.807) is 13.8 Å². The van der Waals surface area contributed by atoms with Gasteiger partial charge in [0.15, 0.2) is 0 Å². The van der Waals surface area contributed by atoms with Crippen molar-refractivity contribution in [3.8, 4) is 0 Å². The largest absolute Gasteiger partial charge is 0.397 e. The van der Waals surface area contributed by atoms with Crippen molar-refractivity contribution in [2.45, 2.75) is 19.1 Å². The van der Waals surface area contributed by atoms with Crippen LogP contribution in [0.3, 0.4) is 0 Å². The fraction of sp³-hybridized carbons (Fsp3) is 0.364. The summed E-state index contributed by atoms with van der Waals surface area (Å²) in [6.07, 6.45) is 0. The molecule has 0 bridgehead atoms. The fourth-order valence-electron chi connectivity index (χ4n) is 1.25. The number of nitrogens with one attached hydrogen (secondary N) is 1. The molecule has 6 heteroatoms. The van der Waals surface area contributed by atoms with Crippen molar-refractivity contribution in [1.29, 1.82) is 0 Å². The third-order valence-electron chi connectivity index (χ3n) is 2.32. The third-order valence-corrected chi connectivity index (χ3v) is 3.89. The average Bonchev–Trinajstić information content (AvgIpc) is 2.30. The highest BCUT2D eigenvalue weighted by atomic mass is 32.2. The van der Waals surface area contributed by atoms with Gasteiger partial charge in [0.05, 0.1) is 11.4 Å². The molecule has 0 saturated heterocycles. The van der Waals surface area contributed by atoms with Crippen LogP contribution in [0.15, 0.2) is 18.2 Å². The van der Waals surface area contributed by atoms with Gasteiger partial charge in [-0.2, -0.15) is 0 Å². The molecule has 0 fully saturated rings. The molecule has 0 saturated carbocycles. The highest BCUT2D eigenvalue weighted by Crippen LogP contribution is 2.19. The predicted octanol–water partition coefficient (Wildman–Crippen LogP) is 1.50. The van der Waals surface area contributed by atoms with Crippen molar-refractivity contribution in [2.24, 2.45) is 0 Å². The molecule has 3 N–H and O–H groups in total. The van der Waals surface area contributed by atoms with Crippen molar-refractivity contribution < 1.29 is 13.4 Å². The zero-order chi connectivity index (χ0) is 13.0. The molecule has 94 valence electrons. The van der Waals surface area contributed by atoms with Gasteiger partial charge >= 0.3 is 0 Å². The third kappa shape index (κ3) is 3.52. The van der Waals surface area contributed by atoms with E-state index in [9.17, 15) is 13.4 Å². The van der Waals surface area contributed by atoms with Gasteiger partial charge in [-0.15, -0.1) is 0 Å². The van der Waals surface area contributed by atoms with Crippen LogP contribution in [0.4, 0.5) is 15.8 Å². The normalized spacial score (nSPS) is 14.1. The molecular weight excluding hydrogens is 243 g/mol. The summed E-state index contributed by atoms with van der Waals surface area (Å²) in [4.78, 5) is 11.7. The van der Waals surface area contributed by atoms with Gasteiger partial charge in [-0.3, -0.25) is 9.00 Å². The maximum atomic E-state index is 12.8. The summed E-state index contributed by atoms with van der Waals surface area (Å²) >= 11 is 0. The Balaban J connectivity index is 2.78. The summed E-state index contributed by atoms with van der Waals surface area (Å²) in [6, 6.07) is 3.70. The van der Waals surface area contributed by atoms with E-state index < -0.39 is 21.9 Å². The molecule has 1 rings (SSSR count). The van der Waals surface area contributed by atoms with E-state index in [4.69, 9.17) is 5.73 Å². The Hall–Kier alpha value is -1.43. The van der Waals surface area contributed by atoms with Crippen molar-refractivity contribution in [3.05, 3.63) is 24.0 Å². The van der Waals surface area contributed by atoms with E-state index >= 15 is 0 Å². The average molecular weight is 258 g/mol. The predicted molar refractivity (Wildman–Crippen MR) is 67.6 cm³/mol. The second-order valence-electron chi connectivity index (χ2n) is 3.53. The SMILES string of the molecule is CCS(=O)C(C)C(=O)Nc1ccc(F)cc1N. The summed E-state index contributed by atoms with van der Waals surface area (Å²) in [5, 5.41) is 1.91. The first-order valence-corrected chi connectivity index (χ1v) is 6.57. The number of carbonyl (C=O) groups excluding carboxylic acids is 1. The van der Waals surface area contributed by atoms with Crippen LogP contribution in [0.25, 0.3) is 0 Å². The number of nitrogen functional groups attached to an aromatic ring is 1. The van der Waals surface area contributed by atoms with Crippen LogP contribution in [0, 0.1) is 5.82 Å². The quantitative estimate of drug-likeness (QED) is 0.804. The van der Waals surface area contributed by atoms with E-state index in [0.717, 1.165) is 6.07 Å². The second-order valence-corrected chi connectivity index (χ2v) is 5.58.